The van der Waals surface area contributed by atoms with E-state index < -0.39 is 29.8 Å². The average Bonchev–Trinajstić information content (AvgIpc) is 3.32. The highest BCUT2D eigenvalue weighted by Crippen LogP contribution is 2.23. The fourth-order valence-corrected chi connectivity index (χ4v) is 5.37. The molecule has 1 heterocycles. The lowest BCUT2D eigenvalue weighted by molar-refractivity contribution is -0.150. The Morgan fingerprint density at radius 3 is 1.88 bits per heavy atom. The van der Waals surface area contributed by atoms with Crippen molar-refractivity contribution in [2.45, 2.75) is 187 Å². The molecule has 1 unspecified atom stereocenters. The molecule has 0 radical (unpaired) electrons. The summed E-state index contributed by atoms with van der Waals surface area (Å²) in [6, 6.07) is -0.828. The van der Waals surface area contributed by atoms with Crippen LogP contribution >= 0.6 is 0 Å². The number of esters is 2. The third kappa shape index (κ3) is 18.7. The summed E-state index contributed by atoms with van der Waals surface area (Å²) < 4.78 is 16.7. The topological polar surface area (TPSA) is 102 Å². The Bertz CT molecular complexity index is 720. The summed E-state index contributed by atoms with van der Waals surface area (Å²) in [6.07, 6.45) is 19.3. The van der Waals surface area contributed by atoms with Crippen LogP contribution < -0.4 is 0 Å². The molecule has 1 N–H and O–H groups in total. The van der Waals surface area contributed by atoms with Gasteiger partial charge in [-0.2, -0.15) is 0 Å². The van der Waals surface area contributed by atoms with Crippen molar-refractivity contribution in [3.8, 4) is 0 Å². The van der Waals surface area contributed by atoms with Crippen LogP contribution in [0.2, 0.25) is 0 Å². The highest BCUT2D eigenvalue weighted by Gasteiger charge is 2.41. The predicted octanol–water partition coefficient (Wildman–Crippen LogP) is 8.26. The number of unbranched alkanes of at least 4 members (excludes halogenated alkanes) is 13. The number of likely N-dealkylation sites (tertiary alicyclic amines) is 1. The van der Waals surface area contributed by atoms with E-state index in [0.29, 0.717) is 12.8 Å². The molecule has 0 spiro atoms. The zero-order valence-electron chi connectivity index (χ0n) is 27.6. The standard InChI is InChI=1S/C34H63NO7/c1-6-8-10-12-14-18-22-29(23-19-15-13-11-9-7-2)41-31(37)24-20-16-17-21-25-40-32(38)30-26-28(36)27-35(30)33(39)42-34(3,4)5/h28-30,36H,6-27H2,1-5H3/t28?,30-/m0/s1. The number of aliphatic hydroxyl groups is 1. The Balaban J connectivity index is 2.28. The Morgan fingerprint density at radius 1 is 0.786 bits per heavy atom. The van der Waals surface area contributed by atoms with Gasteiger partial charge in [-0.15, -0.1) is 0 Å². The maximum atomic E-state index is 12.6. The Hall–Kier alpha value is -1.83. The number of carbonyl (C=O) groups excluding carboxylic acids is 3. The second-order valence-electron chi connectivity index (χ2n) is 13.1. The lowest BCUT2D eigenvalue weighted by atomic mass is 10.0. The van der Waals surface area contributed by atoms with E-state index in [0.717, 1.165) is 44.9 Å². The number of ether oxygens (including phenoxy) is 3. The summed E-state index contributed by atoms with van der Waals surface area (Å²) in [4.78, 5) is 38.9. The molecule has 1 aliphatic heterocycles. The van der Waals surface area contributed by atoms with Gasteiger partial charge in [-0.3, -0.25) is 9.69 Å². The minimum Gasteiger partial charge on any atom is -0.464 e. The molecule has 0 aliphatic carbocycles. The van der Waals surface area contributed by atoms with E-state index in [9.17, 15) is 19.5 Å². The number of aliphatic hydroxyl groups excluding tert-OH is 1. The Labute approximate surface area is 256 Å². The largest absolute Gasteiger partial charge is 0.464 e. The van der Waals surface area contributed by atoms with Gasteiger partial charge >= 0.3 is 18.0 Å². The second kappa shape index (κ2) is 22.7. The fourth-order valence-electron chi connectivity index (χ4n) is 5.37. The predicted molar refractivity (Wildman–Crippen MR) is 167 cm³/mol. The third-order valence-corrected chi connectivity index (χ3v) is 7.76. The van der Waals surface area contributed by atoms with Crippen molar-refractivity contribution >= 4 is 18.0 Å². The lowest BCUT2D eigenvalue weighted by Crippen LogP contribution is -2.44. The first kappa shape index (κ1) is 38.2. The van der Waals surface area contributed by atoms with Gasteiger partial charge in [0.25, 0.3) is 0 Å². The number of β-amino-alcohol motifs (C(OH)–C–C–N with tert-alkyl or cyclic N) is 1. The van der Waals surface area contributed by atoms with Gasteiger partial charge in [-0.05, 0) is 59.3 Å². The first-order chi connectivity index (χ1) is 20.1. The number of carbonyl (C=O) groups is 3. The number of nitrogens with zero attached hydrogens (tertiary/aromatic N) is 1. The quantitative estimate of drug-likeness (QED) is 0.0718. The Morgan fingerprint density at radius 2 is 1.31 bits per heavy atom. The molecule has 246 valence electrons. The number of hydrogen-bond acceptors (Lipinski definition) is 7. The summed E-state index contributed by atoms with van der Waals surface area (Å²) in [5, 5.41) is 10.0. The van der Waals surface area contributed by atoms with E-state index >= 15 is 0 Å². The molecule has 0 bridgehead atoms. The zero-order chi connectivity index (χ0) is 31.2. The smallest absolute Gasteiger partial charge is 0.411 e. The molecule has 1 saturated heterocycles. The van der Waals surface area contributed by atoms with Crippen molar-refractivity contribution in [2.75, 3.05) is 13.2 Å². The van der Waals surface area contributed by atoms with Crippen LogP contribution in [0.3, 0.4) is 0 Å². The van der Waals surface area contributed by atoms with Gasteiger partial charge in [0, 0.05) is 12.8 Å². The number of hydrogen-bond donors (Lipinski definition) is 1. The van der Waals surface area contributed by atoms with Crippen LogP contribution in [0, 0.1) is 0 Å². The van der Waals surface area contributed by atoms with Gasteiger partial charge < -0.3 is 19.3 Å². The van der Waals surface area contributed by atoms with Gasteiger partial charge in [0.1, 0.15) is 17.7 Å². The summed E-state index contributed by atoms with van der Waals surface area (Å²) in [7, 11) is 0. The van der Waals surface area contributed by atoms with Crippen LogP contribution in [0.5, 0.6) is 0 Å². The molecule has 0 aromatic rings. The third-order valence-electron chi connectivity index (χ3n) is 7.76. The molecule has 0 aromatic heterocycles. The fraction of sp³-hybridized carbons (Fsp3) is 0.912. The summed E-state index contributed by atoms with van der Waals surface area (Å²) in [6.45, 7) is 10.1. The Kier molecular flexibility index (Phi) is 20.6. The normalized spacial score (nSPS) is 17.1. The molecule has 0 saturated carbocycles. The number of amides is 1. The zero-order valence-corrected chi connectivity index (χ0v) is 27.6. The van der Waals surface area contributed by atoms with Crippen molar-refractivity contribution in [1.29, 1.82) is 0 Å². The maximum absolute atomic E-state index is 12.6. The summed E-state index contributed by atoms with van der Waals surface area (Å²) in [5.74, 6) is -0.604. The van der Waals surface area contributed by atoms with Crippen molar-refractivity contribution in [3.05, 3.63) is 0 Å². The van der Waals surface area contributed by atoms with Crippen LogP contribution in [0.25, 0.3) is 0 Å². The molecule has 1 fully saturated rings. The molecule has 2 atom stereocenters. The van der Waals surface area contributed by atoms with Gasteiger partial charge in [-0.25, -0.2) is 9.59 Å². The van der Waals surface area contributed by atoms with Crippen LogP contribution in [0.4, 0.5) is 4.79 Å². The van der Waals surface area contributed by atoms with Crippen LogP contribution in [-0.4, -0.2) is 65.0 Å². The van der Waals surface area contributed by atoms with Gasteiger partial charge in [0.15, 0.2) is 0 Å². The number of rotatable bonds is 23. The minimum atomic E-state index is -0.828. The second-order valence-corrected chi connectivity index (χ2v) is 13.1. The summed E-state index contributed by atoms with van der Waals surface area (Å²) in [5.41, 5.74) is -0.686. The van der Waals surface area contributed by atoms with E-state index in [1.807, 2.05) is 0 Å². The first-order valence-electron chi connectivity index (χ1n) is 17.1. The molecule has 1 amide bonds. The van der Waals surface area contributed by atoms with Crippen LogP contribution in [0.15, 0.2) is 0 Å². The van der Waals surface area contributed by atoms with E-state index in [4.69, 9.17) is 14.2 Å². The van der Waals surface area contributed by atoms with E-state index in [1.165, 1.54) is 69.1 Å². The van der Waals surface area contributed by atoms with E-state index in [-0.39, 0.29) is 31.6 Å². The SMILES string of the molecule is CCCCCCCCC(CCCCCCCC)OC(=O)CCCCCCOC(=O)[C@@H]1CC(O)CN1C(=O)OC(C)(C)C. The monoisotopic (exact) mass is 597 g/mol. The average molecular weight is 598 g/mol. The first-order valence-corrected chi connectivity index (χ1v) is 17.1. The molecule has 1 aliphatic rings. The van der Waals surface area contributed by atoms with Crippen LogP contribution in [-0.2, 0) is 23.8 Å². The van der Waals surface area contributed by atoms with Gasteiger partial charge in [-0.1, -0.05) is 90.9 Å². The highest BCUT2D eigenvalue weighted by atomic mass is 16.6. The van der Waals surface area contributed by atoms with Crippen molar-refractivity contribution in [3.63, 3.8) is 0 Å². The van der Waals surface area contributed by atoms with Crippen LogP contribution in [0.1, 0.15) is 163 Å². The molecule has 0 aromatic carbocycles. The van der Waals surface area contributed by atoms with Gasteiger partial charge in [0.05, 0.1) is 19.3 Å². The molecular weight excluding hydrogens is 534 g/mol. The van der Waals surface area contributed by atoms with E-state index in [2.05, 4.69) is 13.8 Å². The molecule has 1 rings (SSSR count). The highest BCUT2D eigenvalue weighted by molar-refractivity contribution is 5.82. The summed E-state index contributed by atoms with van der Waals surface area (Å²) >= 11 is 0. The van der Waals surface area contributed by atoms with Crippen molar-refractivity contribution in [1.82, 2.24) is 4.90 Å². The van der Waals surface area contributed by atoms with Crippen molar-refractivity contribution in [2.24, 2.45) is 0 Å². The minimum absolute atomic E-state index is 0.0450. The van der Waals surface area contributed by atoms with Gasteiger partial charge in [0.2, 0.25) is 0 Å². The van der Waals surface area contributed by atoms with Crippen molar-refractivity contribution < 1.29 is 33.7 Å². The molecular formula is C34H63NO7. The molecule has 8 heteroatoms. The molecule has 8 nitrogen and oxygen atoms in total. The lowest BCUT2D eigenvalue weighted by Gasteiger charge is -2.27. The maximum Gasteiger partial charge on any atom is 0.411 e. The van der Waals surface area contributed by atoms with E-state index in [1.54, 1.807) is 20.8 Å². The molecule has 42 heavy (non-hydrogen) atoms.